The summed E-state index contributed by atoms with van der Waals surface area (Å²) in [6.07, 6.45) is 0. The molecule has 8 heteroatoms. The molecule has 0 bridgehead atoms. The quantitative estimate of drug-likeness (QED) is 0.540. The molecule has 0 spiro atoms. The first-order valence-electron chi connectivity index (χ1n) is 8.77. The Morgan fingerprint density at radius 3 is 2.31 bits per heavy atom. The van der Waals surface area contributed by atoms with Gasteiger partial charge in [0.2, 0.25) is 0 Å². The van der Waals surface area contributed by atoms with Crippen molar-refractivity contribution in [3.05, 3.63) is 88.6 Å². The fraction of sp³-hybridized carbons (Fsp3) is 0.0952. The Morgan fingerprint density at radius 2 is 1.69 bits per heavy atom. The highest BCUT2D eigenvalue weighted by molar-refractivity contribution is 9.10. The Balaban J connectivity index is 1.95. The molecule has 3 aromatic rings. The fourth-order valence-corrected chi connectivity index (χ4v) is 4.55. The number of hydrogen-bond donors (Lipinski definition) is 1. The Hall–Kier alpha value is -2.71. The summed E-state index contributed by atoms with van der Waals surface area (Å²) in [4.78, 5) is 12.4. The van der Waals surface area contributed by atoms with Crippen LogP contribution in [0.15, 0.2) is 82.2 Å². The van der Waals surface area contributed by atoms with Gasteiger partial charge in [-0.1, -0.05) is 34.1 Å². The molecular formula is C21H18BrFN2O3S. The van der Waals surface area contributed by atoms with Gasteiger partial charge in [0, 0.05) is 16.7 Å². The zero-order valence-corrected chi connectivity index (χ0v) is 17.9. The molecule has 5 nitrogen and oxygen atoms in total. The van der Waals surface area contributed by atoms with E-state index in [-0.39, 0.29) is 17.0 Å². The minimum Gasteiger partial charge on any atom is -0.322 e. The molecular weight excluding hydrogens is 459 g/mol. The van der Waals surface area contributed by atoms with Gasteiger partial charge in [-0.3, -0.25) is 9.10 Å². The second kappa shape index (κ2) is 8.75. The highest BCUT2D eigenvalue weighted by Crippen LogP contribution is 2.25. The third-order valence-corrected chi connectivity index (χ3v) is 6.63. The molecule has 3 aromatic carbocycles. The maximum absolute atomic E-state index is 14.3. The Morgan fingerprint density at radius 1 is 1.03 bits per heavy atom. The van der Waals surface area contributed by atoms with E-state index in [2.05, 4.69) is 21.2 Å². The van der Waals surface area contributed by atoms with E-state index in [9.17, 15) is 17.6 Å². The van der Waals surface area contributed by atoms with Crippen LogP contribution in [0.1, 0.15) is 17.3 Å². The van der Waals surface area contributed by atoms with Crippen LogP contribution >= 0.6 is 15.9 Å². The zero-order valence-electron chi connectivity index (χ0n) is 15.5. The van der Waals surface area contributed by atoms with Crippen molar-refractivity contribution in [3.8, 4) is 0 Å². The third kappa shape index (κ3) is 4.65. The van der Waals surface area contributed by atoms with Crippen molar-refractivity contribution in [2.45, 2.75) is 11.8 Å². The van der Waals surface area contributed by atoms with Crippen molar-refractivity contribution in [3.63, 3.8) is 0 Å². The largest absolute Gasteiger partial charge is 0.322 e. The number of nitrogens with one attached hydrogen (secondary N) is 1. The number of rotatable bonds is 6. The van der Waals surface area contributed by atoms with E-state index >= 15 is 0 Å². The molecule has 0 unspecified atom stereocenters. The minimum absolute atomic E-state index is 0.162. The summed E-state index contributed by atoms with van der Waals surface area (Å²) in [6, 6.07) is 18.6. The van der Waals surface area contributed by atoms with Crippen LogP contribution in [0.5, 0.6) is 0 Å². The predicted molar refractivity (Wildman–Crippen MR) is 115 cm³/mol. The van der Waals surface area contributed by atoms with E-state index in [0.717, 1.165) is 22.7 Å². The highest BCUT2D eigenvalue weighted by atomic mass is 79.9. The molecule has 29 heavy (non-hydrogen) atoms. The van der Waals surface area contributed by atoms with E-state index < -0.39 is 21.7 Å². The molecule has 0 saturated carbocycles. The van der Waals surface area contributed by atoms with Gasteiger partial charge >= 0.3 is 0 Å². The summed E-state index contributed by atoms with van der Waals surface area (Å²) >= 11 is 3.30. The predicted octanol–water partition coefficient (Wildman–Crippen LogP) is 5.06. The Labute approximate surface area is 177 Å². The van der Waals surface area contributed by atoms with Crippen molar-refractivity contribution >= 4 is 43.2 Å². The third-order valence-electron chi connectivity index (χ3n) is 4.20. The second-order valence-electron chi connectivity index (χ2n) is 6.11. The van der Waals surface area contributed by atoms with Crippen LogP contribution in [0.2, 0.25) is 0 Å². The van der Waals surface area contributed by atoms with Crippen LogP contribution in [-0.2, 0) is 10.0 Å². The van der Waals surface area contributed by atoms with Crippen molar-refractivity contribution in [1.82, 2.24) is 0 Å². The maximum atomic E-state index is 14.3. The van der Waals surface area contributed by atoms with Gasteiger partial charge in [0.15, 0.2) is 0 Å². The van der Waals surface area contributed by atoms with Gasteiger partial charge in [0.25, 0.3) is 15.9 Å². The molecule has 0 atom stereocenters. The number of nitrogens with zero attached hydrogens (tertiary/aromatic N) is 1. The van der Waals surface area contributed by atoms with Gasteiger partial charge in [0.1, 0.15) is 5.82 Å². The van der Waals surface area contributed by atoms with Gasteiger partial charge in [-0.2, -0.15) is 0 Å². The number of para-hydroxylation sites is 1. The number of carbonyl (C=O) groups excluding carboxylic acids is 1. The maximum Gasteiger partial charge on any atom is 0.264 e. The van der Waals surface area contributed by atoms with Gasteiger partial charge in [-0.05, 0) is 61.5 Å². The normalized spacial score (nSPS) is 11.1. The summed E-state index contributed by atoms with van der Waals surface area (Å²) in [7, 11) is -3.97. The van der Waals surface area contributed by atoms with E-state index in [1.54, 1.807) is 61.5 Å². The topological polar surface area (TPSA) is 66.5 Å². The van der Waals surface area contributed by atoms with E-state index in [1.165, 1.54) is 4.31 Å². The molecule has 0 radical (unpaired) electrons. The summed E-state index contributed by atoms with van der Waals surface area (Å²) < 4.78 is 42.6. The monoisotopic (exact) mass is 476 g/mol. The Kier molecular flexibility index (Phi) is 6.34. The zero-order chi connectivity index (χ0) is 21.0. The summed E-state index contributed by atoms with van der Waals surface area (Å²) in [5.41, 5.74) is 0.601. The van der Waals surface area contributed by atoms with Gasteiger partial charge in [0.05, 0.1) is 16.1 Å². The summed E-state index contributed by atoms with van der Waals surface area (Å²) in [6.45, 7) is 1.89. The van der Waals surface area contributed by atoms with Crippen LogP contribution in [0.4, 0.5) is 15.8 Å². The fourth-order valence-electron chi connectivity index (χ4n) is 2.78. The number of sulfonamides is 1. The molecule has 0 fully saturated rings. The first-order valence-corrected chi connectivity index (χ1v) is 11.0. The lowest BCUT2D eigenvalue weighted by Crippen LogP contribution is -2.31. The van der Waals surface area contributed by atoms with Crippen molar-refractivity contribution in [1.29, 1.82) is 0 Å². The highest BCUT2D eigenvalue weighted by Gasteiger charge is 2.25. The molecule has 3 rings (SSSR count). The summed E-state index contributed by atoms with van der Waals surface area (Å²) in [5.74, 6) is -1.54. The number of anilines is 2. The number of amides is 1. The first kappa shape index (κ1) is 21.0. The van der Waals surface area contributed by atoms with Crippen molar-refractivity contribution < 1.29 is 17.6 Å². The SMILES string of the molecule is CCN(c1ccccc1)S(=O)(=O)c1ccc(F)c(C(=O)Nc2ccc(Br)cc2)c1. The van der Waals surface area contributed by atoms with Crippen molar-refractivity contribution in [2.24, 2.45) is 0 Å². The lowest BCUT2D eigenvalue weighted by atomic mass is 10.2. The van der Waals surface area contributed by atoms with Gasteiger partial charge in [-0.15, -0.1) is 0 Å². The molecule has 1 N–H and O–H groups in total. The lowest BCUT2D eigenvalue weighted by Gasteiger charge is -2.23. The number of benzene rings is 3. The first-order chi connectivity index (χ1) is 13.8. The molecule has 0 heterocycles. The van der Waals surface area contributed by atoms with E-state index in [1.807, 2.05) is 0 Å². The molecule has 0 aromatic heterocycles. The molecule has 1 amide bonds. The molecule has 0 aliphatic heterocycles. The lowest BCUT2D eigenvalue weighted by molar-refractivity contribution is 0.102. The van der Waals surface area contributed by atoms with Gasteiger partial charge in [-0.25, -0.2) is 12.8 Å². The van der Waals surface area contributed by atoms with Crippen LogP contribution in [0.25, 0.3) is 0 Å². The van der Waals surface area contributed by atoms with Crippen LogP contribution < -0.4 is 9.62 Å². The summed E-state index contributed by atoms with van der Waals surface area (Å²) in [5, 5.41) is 2.57. The van der Waals surface area contributed by atoms with Crippen LogP contribution in [0, 0.1) is 5.82 Å². The molecule has 0 aliphatic carbocycles. The van der Waals surface area contributed by atoms with Crippen LogP contribution in [0.3, 0.4) is 0 Å². The van der Waals surface area contributed by atoms with Crippen molar-refractivity contribution in [2.75, 3.05) is 16.2 Å². The average molecular weight is 477 g/mol. The average Bonchev–Trinajstić information content (AvgIpc) is 2.71. The molecule has 0 saturated heterocycles. The van der Waals surface area contributed by atoms with E-state index in [4.69, 9.17) is 0 Å². The number of hydrogen-bond acceptors (Lipinski definition) is 3. The van der Waals surface area contributed by atoms with Crippen LogP contribution in [-0.4, -0.2) is 20.9 Å². The molecule has 0 aliphatic rings. The number of carbonyl (C=O) groups is 1. The minimum atomic E-state index is -3.97. The number of halogens is 2. The smallest absolute Gasteiger partial charge is 0.264 e. The standard InChI is InChI=1S/C21H18BrFN2O3S/c1-2-25(17-6-4-3-5-7-17)29(27,28)18-12-13-20(23)19(14-18)21(26)24-16-10-8-15(22)9-11-16/h3-14H,2H2,1H3,(H,24,26). The Bertz CT molecular complexity index is 1120. The second-order valence-corrected chi connectivity index (χ2v) is 8.89. The molecule has 150 valence electrons. The van der Waals surface area contributed by atoms with E-state index in [0.29, 0.717) is 11.4 Å². The van der Waals surface area contributed by atoms with Gasteiger partial charge < -0.3 is 5.32 Å².